The Bertz CT molecular complexity index is 363. The second kappa shape index (κ2) is 5.90. The number of rotatable bonds is 5. The second-order valence-corrected chi connectivity index (χ2v) is 3.58. The molecule has 1 atom stereocenters. The molecular formula is C12H16N2O2. The van der Waals surface area contributed by atoms with Gasteiger partial charge in [-0.05, 0) is 18.6 Å². The number of nitrogens with one attached hydrogen (secondary N) is 1. The van der Waals surface area contributed by atoms with E-state index in [1.807, 2.05) is 13.0 Å². The van der Waals surface area contributed by atoms with E-state index in [1.165, 1.54) is 0 Å². The van der Waals surface area contributed by atoms with Crippen LogP contribution in [-0.4, -0.2) is 17.9 Å². The Morgan fingerprint density at radius 3 is 2.44 bits per heavy atom. The third kappa shape index (κ3) is 3.38. The maximum Gasteiger partial charge on any atom is 0.251 e. The summed E-state index contributed by atoms with van der Waals surface area (Å²) in [5, 5.41) is 2.62. The van der Waals surface area contributed by atoms with E-state index >= 15 is 0 Å². The molecule has 2 amide bonds. The van der Waals surface area contributed by atoms with Gasteiger partial charge in [0.25, 0.3) is 5.91 Å². The molecule has 16 heavy (non-hydrogen) atoms. The van der Waals surface area contributed by atoms with Crippen molar-refractivity contribution >= 4 is 11.8 Å². The molecular weight excluding hydrogens is 204 g/mol. The molecule has 0 aliphatic carbocycles. The highest BCUT2D eigenvalue weighted by Crippen LogP contribution is 2.01. The number of nitrogens with two attached hydrogens (primary N) is 1. The number of carbonyl (C=O) groups excluding carboxylic acids is 2. The summed E-state index contributed by atoms with van der Waals surface area (Å²) in [6.45, 7) is 1.94. The standard InChI is InChI=1S/C12H16N2O2/c1-2-6-10(11(13)15)14-12(16)9-7-4-3-5-8-9/h3-5,7-8,10H,2,6H2,1H3,(H2,13,15)(H,14,16). The van der Waals surface area contributed by atoms with Crippen LogP contribution in [0.25, 0.3) is 0 Å². The summed E-state index contributed by atoms with van der Waals surface area (Å²) < 4.78 is 0. The number of carbonyl (C=O) groups is 2. The molecule has 0 aliphatic heterocycles. The highest BCUT2D eigenvalue weighted by atomic mass is 16.2. The minimum Gasteiger partial charge on any atom is -0.368 e. The first-order valence-corrected chi connectivity index (χ1v) is 5.30. The Morgan fingerprint density at radius 2 is 1.94 bits per heavy atom. The molecule has 86 valence electrons. The second-order valence-electron chi connectivity index (χ2n) is 3.58. The van der Waals surface area contributed by atoms with Crippen LogP contribution >= 0.6 is 0 Å². The van der Waals surface area contributed by atoms with E-state index in [1.54, 1.807) is 24.3 Å². The van der Waals surface area contributed by atoms with Gasteiger partial charge in [0, 0.05) is 5.56 Å². The summed E-state index contributed by atoms with van der Waals surface area (Å²) in [5.74, 6) is -0.760. The number of hydrogen-bond acceptors (Lipinski definition) is 2. The highest BCUT2D eigenvalue weighted by Gasteiger charge is 2.17. The molecule has 0 spiro atoms. The molecule has 0 bridgehead atoms. The lowest BCUT2D eigenvalue weighted by atomic mass is 10.1. The zero-order chi connectivity index (χ0) is 12.0. The molecule has 0 saturated carbocycles. The van der Waals surface area contributed by atoms with E-state index in [-0.39, 0.29) is 5.91 Å². The predicted octanol–water partition coefficient (Wildman–Crippen LogP) is 1.07. The van der Waals surface area contributed by atoms with E-state index in [9.17, 15) is 9.59 Å². The molecule has 3 N–H and O–H groups in total. The first-order chi connectivity index (χ1) is 7.65. The molecule has 0 fully saturated rings. The lowest BCUT2D eigenvalue weighted by Crippen LogP contribution is -2.44. The summed E-state index contributed by atoms with van der Waals surface area (Å²) in [5.41, 5.74) is 5.73. The first kappa shape index (κ1) is 12.2. The van der Waals surface area contributed by atoms with Crippen LogP contribution in [0, 0.1) is 0 Å². The number of benzene rings is 1. The largest absolute Gasteiger partial charge is 0.368 e. The van der Waals surface area contributed by atoms with Crippen molar-refractivity contribution in [1.29, 1.82) is 0 Å². The SMILES string of the molecule is CCCC(NC(=O)c1ccccc1)C(N)=O. The van der Waals surface area contributed by atoms with Crippen molar-refractivity contribution in [2.75, 3.05) is 0 Å². The van der Waals surface area contributed by atoms with E-state index in [4.69, 9.17) is 5.73 Å². The summed E-state index contributed by atoms with van der Waals surface area (Å²) in [4.78, 5) is 22.8. The quantitative estimate of drug-likeness (QED) is 0.779. The molecule has 4 nitrogen and oxygen atoms in total. The van der Waals surface area contributed by atoms with E-state index in [0.29, 0.717) is 12.0 Å². The van der Waals surface area contributed by atoms with Gasteiger partial charge in [0.2, 0.25) is 5.91 Å². The Kier molecular flexibility index (Phi) is 4.51. The van der Waals surface area contributed by atoms with Crippen molar-refractivity contribution in [3.05, 3.63) is 35.9 Å². The van der Waals surface area contributed by atoms with Crippen molar-refractivity contribution in [1.82, 2.24) is 5.32 Å². The van der Waals surface area contributed by atoms with Crippen LogP contribution in [0.3, 0.4) is 0 Å². The fraction of sp³-hybridized carbons (Fsp3) is 0.333. The lowest BCUT2D eigenvalue weighted by Gasteiger charge is -2.14. The summed E-state index contributed by atoms with van der Waals surface area (Å²) in [6, 6.07) is 8.17. The van der Waals surface area contributed by atoms with Crippen LogP contribution in [0.15, 0.2) is 30.3 Å². The fourth-order valence-electron chi connectivity index (χ4n) is 1.41. The molecule has 0 aliphatic rings. The van der Waals surface area contributed by atoms with Crippen molar-refractivity contribution < 1.29 is 9.59 Å². The van der Waals surface area contributed by atoms with Gasteiger partial charge in [-0.2, -0.15) is 0 Å². The van der Waals surface area contributed by atoms with E-state index in [0.717, 1.165) is 6.42 Å². The van der Waals surface area contributed by atoms with Crippen LogP contribution in [0.1, 0.15) is 30.1 Å². The zero-order valence-electron chi connectivity index (χ0n) is 9.27. The highest BCUT2D eigenvalue weighted by molar-refractivity contribution is 5.97. The van der Waals surface area contributed by atoms with Crippen LogP contribution < -0.4 is 11.1 Å². The Hall–Kier alpha value is -1.84. The van der Waals surface area contributed by atoms with Gasteiger partial charge in [-0.25, -0.2) is 0 Å². The third-order valence-electron chi connectivity index (χ3n) is 2.26. The van der Waals surface area contributed by atoms with Crippen molar-refractivity contribution in [2.45, 2.75) is 25.8 Å². The number of amides is 2. The zero-order valence-corrected chi connectivity index (χ0v) is 9.27. The number of hydrogen-bond donors (Lipinski definition) is 2. The molecule has 1 rings (SSSR count). The molecule has 0 heterocycles. The molecule has 0 radical (unpaired) electrons. The lowest BCUT2D eigenvalue weighted by molar-refractivity contribution is -0.120. The Morgan fingerprint density at radius 1 is 1.31 bits per heavy atom. The summed E-state index contributed by atoms with van der Waals surface area (Å²) in [7, 11) is 0. The normalized spacial score (nSPS) is 11.8. The van der Waals surface area contributed by atoms with Gasteiger partial charge in [-0.15, -0.1) is 0 Å². The van der Waals surface area contributed by atoms with E-state index in [2.05, 4.69) is 5.32 Å². The average Bonchev–Trinajstić information content (AvgIpc) is 2.29. The van der Waals surface area contributed by atoms with Gasteiger partial charge in [0.05, 0.1) is 0 Å². The maximum atomic E-state index is 11.7. The molecule has 1 unspecified atom stereocenters. The average molecular weight is 220 g/mol. The van der Waals surface area contributed by atoms with Crippen LogP contribution in [-0.2, 0) is 4.79 Å². The van der Waals surface area contributed by atoms with Crippen molar-refractivity contribution in [2.24, 2.45) is 5.73 Å². The van der Waals surface area contributed by atoms with Gasteiger partial charge in [0.15, 0.2) is 0 Å². The van der Waals surface area contributed by atoms with Gasteiger partial charge in [-0.3, -0.25) is 9.59 Å². The Labute approximate surface area is 94.8 Å². The smallest absolute Gasteiger partial charge is 0.251 e. The van der Waals surface area contributed by atoms with Crippen LogP contribution in [0.2, 0.25) is 0 Å². The summed E-state index contributed by atoms with van der Waals surface area (Å²) >= 11 is 0. The van der Waals surface area contributed by atoms with E-state index < -0.39 is 11.9 Å². The molecule has 1 aromatic carbocycles. The monoisotopic (exact) mass is 220 g/mol. The predicted molar refractivity (Wildman–Crippen MR) is 61.8 cm³/mol. The maximum absolute atomic E-state index is 11.7. The minimum absolute atomic E-state index is 0.266. The number of primary amides is 1. The fourth-order valence-corrected chi connectivity index (χ4v) is 1.41. The molecule has 1 aromatic rings. The topological polar surface area (TPSA) is 72.2 Å². The Balaban J connectivity index is 2.65. The molecule has 4 heteroatoms. The summed E-state index contributed by atoms with van der Waals surface area (Å²) in [6.07, 6.45) is 1.36. The molecule has 0 saturated heterocycles. The van der Waals surface area contributed by atoms with Gasteiger partial charge in [0.1, 0.15) is 6.04 Å². The molecule has 0 aromatic heterocycles. The minimum atomic E-state index is -0.585. The first-order valence-electron chi connectivity index (χ1n) is 5.30. The third-order valence-corrected chi connectivity index (χ3v) is 2.26. The van der Waals surface area contributed by atoms with Crippen LogP contribution in [0.4, 0.5) is 0 Å². The van der Waals surface area contributed by atoms with Crippen molar-refractivity contribution in [3.8, 4) is 0 Å². The van der Waals surface area contributed by atoms with Crippen molar-refractivity contribution in [3.63, 3.8) is 0 Å². The van der Waals surface area contributed by atoms with Gasteiger partial charge in [-0.1, -0.05) is 31.5 Å². The van der Waals surface area contributed by atoms with Gasteiger partial charge >= 0.3 is 0 Å². The van der Waals surface area contributed by atoms with Crippen LogP contribution in [0.5, 0.6) is 0 Å². The van der Waals surface area contributed by atoms with Gasteiger partial charge < -0.3 is 11.1 Å².